The van der Waals surface area contributed by atoms with Crippen molar-refractivity contribution in [3.05, 3.63) is 60.1 Å². The van der Waals surface area contributed by atoms with Gasteiger partial charge in [-0.2, -0.15) is 5.10 Å². The minimum atomic E-state index is -0.0411. The van der Waals surface area contributed by atoms with Crippen LogP contribution in [0.3, 0.4) is 0 Å². The molecule has 2 aromatic rings. The average molecular weight is 293 g/mol. The van der Waals surface area contributed by atoms with Gasteiger partial charge in [-0.15, -0.1) is 0 Å². The van der Waals surface area contributed by atoms with Gasteiger partial charge >= 0.3 is 0 Å². The zero-order chi connectivity index (χ0) is 15.6. The smallest absolute Gasteiger partial charge is 0.243 e. The number of para-hydroxylation sites is 1. The fraction of sp³-hybridized carbons (Fsp3) is 0.235. The fourth-order valence-electron chi connectivity index (χ4n) is 2.86. The van der Waals surface area contributed by atoms with Crippen LogP contribution in [0, 0.1) is 0 Å². The third-order valence-electron chi connectivity index (χ3n) is 3.98. The van der Waals surface area contributed by atoms with Crippen LogP contribution in [0.25, 0.3) is 0 Å². The monoisotopic (exact) mass is 293 g/mol. The van der Waals surface area contributed by atoms with E-state index >= 15 is 0 Å². The standard InChI is InChI=1S/C17H19N5/c1-17(2)13-7-4-5-8-14(13)22(3)15(17)9-12-20-21-16-18-10-6-11-19-16/h4-12H,1-3H3,(H,18,19,21)/b15-9-,20-12?. The molecule has 0 bridgehead atoms. The average Bonchev–Trinajstić information content (AvgIpc) is 2.73. The number of hydrazone groups is 1. The highest BCUT2D eigenvalue weighted by Crippen LogP contribution is 2.46. The number of fused-ring (bicyclic) bond motifs is 1. The molecule has 1 aliphatic rings. The molecule has 1 aromatic heterocycles. The Hall–Kier alpha value is -2.69. The molecule has 1 aliphatic heterocycles. The van der Waals surface area contributed by atoms with E-state index in [1.165, 1.54) is 16.9 Å². The number of anilines is 2. The summed E-state index contributed by atoms with van der Waals surface area (Å²) in [7, 11) is 2.08. The SMILES string of the molecule is CN1/C(=C\C=NNc2ncccn2)C(C)(C)c2ccccc21. The molecule has 3 rings (SSSR count). The van der Waals surface area contributed by atoms with Crippen molar-refractivity contribution in [2.75, 3.05) is 17.4 Å². The van der Waals surface area contributed by atoms with Crippen LogP contribution in [-0.4, -0.2) is 23.2 Å². The van der Waals surface area contributed by atoms with E-state index in [4.69, 9.17) is 0 Å². The molecule has 0 fully saturated rings. The summed E-state index contributed by atoms with van der Waals surface area (Å²) in [6.45, 7) is 4.45. The maximum absolute atomic E-state index is 4.16. The summed E-state index contributed by atoms with van der Waals surface area (Å²) < 4.78 is 0. The van der Waals surface area contributed by atoms with Gasteiger partial charge in [0.05, 0.1) is 0 Å². The van der Waals surface area contributed by atoms with Gasteiger partial charge in [-0.3, -0.25) is 0 Å². The topological polar surface area (TPSA) is 53.4 Å². The Bertz CT molecular complexity index is 719. The molecule has 112 valence electrons. The Morgan fingerprint density at radius 3 is 2.59 bits per heavy atom. The Balaban J connectivity index is 1.80. The lowest BCUT2D eigenvalue weighted by Crippen LogP contribution is -2.23. The zero-order valence-electron chi connectivity index (χ0n) is 13.0. The molecule has 22 heavy (non-hydrogen) atoms. The second-order valence-electron chi connectivity index (χ2n) is 5.72. The van der Waals surface area contributed by atoms with E-state index in [2.05, 4.69) is 70.6 Å². The number of allylic oxidation sites excluding steroid dienone is 2. The number of nitrogens with one attached hydrogen (secondary N) is 1. The van der Waals surface area contributed by atoms with E-state index in [9.17, 15) is 0 Å². The first-order valence-electron chi connectivity index (χ1n) is 7.21. The van der Waals surface area contributed by atoms with Crippen LogP contribution in [0.5, 0.6) is 0 Å². The van der Waals surface area contributed by atoms with Crippen LogP contribution in [0.4, 0.5) is 11.6 Å². The first-order valence-corrected chi connectivity index (χ1v) is 7.21. The number of nitrogens with zero attached hydrogens (tertiary/aromatic N) is 4. The maximum atomic E-state index is 4.16. The van der Waals surface area contributed by atoms with Crippen molar-refractivity contribution < 1.29 is 0 Å². The zero-order valence-corrected chi connectivity index (χ0v) is 13.0. The van der Waals surface area contributed by atoms with Gasteiger partial charge < -0.3 is 4.90 Å². The van der Waals surface area contributed by atoms with E-state index in [1.54, 1.807) is 24.7 Å². The Labute approximate surface area is 130 Å². The number of hydrogen-bond donors (Lipinski definition) is 1. The van der Waals surface area contributed by atoms with Crippen molar-refractivity contribution >= 4 is 17.9 Å². The summed E-state index contributed by atoms with van der Waals surface area (Å²) in [5, 5.41) is 4.16. The van der Waals surface area contributed by atoms with Crippen LogP contribution >= 0.6 is 0 Å². The molecule has 5 nitrogen and oxygen atoms in total. The number of benzene rings is 1. The Morgan fingerprint density at radius 1 is 1.14 bits per heavy atom. The predicted octanol–water partition coefficient (Wildman–Crippen LogP) is 3.19. The predicted molar refractivity (Wildman–Crippen MR) is 90.1 cm³/mol. The van der Waals surface area contributed by atoms with Crippen molar-refractivity contribution in [3.63, 3.8) is 0 Å². The lowest BCUT2D eigenvalue weighted by atomic mass is 9.84. The minimum absolute atomic E-state index is 0.0411. The molecule has 5 heteroatoms. The molecule has 0 amide bonds. The molecule has 0 aliphatic carbocycles. The summed E-state index contributed by atoms with van der Waals surface area (Å²) in [5.41, 5.74) is 6.55. The van der Waals surface area contributed by atoms with Gasteiger partial charge in [-0.25, -0.2) is 15.4 Å². The number of aromatic nitrogens is 2. The lowest BCUT2D eigenvalue weighted by Gasteiger charge is -2.23. The van der Waals surface area contributed by atoms with Crippen LogP contribution in [-0.2, 0) is 5.41 Å². The Morgan fingerprint density at radius 2 is 1.86 bits per heavy atom. The molecule has 1 aromatic carbocycles. The van der Waals surface area contributed by atoms with E-state index in [-0.39, 0.29) is 5.41 Å². The van der Waals surface area contributed by atoms with Gasteiger partial charge in [0.2, 0.25) is 5.95 Å². The van der Waals surface area contributed by atoms with Crippen LogP contribution in [0.15, 0.2) is 59.6 Å². The summed E-state index contributed by atoms with van der Waals surface area (Å²) in [6.07, 6.45) is 7.12. The molecule has 0 unspecified atom stereocenters. The normalized spacial score (nSPS) is 18.0. The molecular weight excluding hydrogens is 274 g/mol. The van der Waals surface area contributed by atoms with Crippen LogP contribution < -0.4 is 10.3 Å². The van der Waals surface area contributed by atoms with Gasteiger partial charge in [0.1, 0.15) is 0 Å². The minimum Gasteiger partial charge on any atom is -0.347 e. The Kier molecular flexibility index (Phi) is 3.63. The molecule has 1 N–H and O–H groups in total. The largest absolute Gasteiger partial charge is 0.347 e. The molecule has 0 radical (unpaired) electrons. The van der Waals surface area contributed by atoms with Gasteiger partial charge in [0, 0.05) is 42.5 Å². The van der Waals surface area contributed by atoms with E-state index in [1.807, 2.05) is 6.08 Å². The van der Waals surface area contributed by atoms with Crippen LogP contribution in [0.2, 0.25) is 0 Å². The second-order valence-corrected chi connectivity index (χ2v) is 5.72. The van der Waals surface area contributed by atoms with Gasteiger partial charge in [-0.1, -0.05) is 32.0 Å². The van der Waals surface area contributed by atoms with Crippen molar-refractivity contribution in [3.8, 4) is 0 Å². The highest BCUT2D eigenvalue weighted by atomic mass is 15.3. The summed E-state index contributed by atoms with van der Waals surface area (Å²) >= 11 is 0. The lowest BCUT2D eigenvalue weighted by molar-refractivity contribution is 0.641. The molecule has 0 atom stereocenters. The third-order valence-corrected chi connectivity index (χ3v) is 3.98. The first kappa shape index (κ1) is 14.3. The molecule has 0 saturated carbocycles. The molecule has 0 spiro atoms. The summed E-state index contributed by atoms with van der Waals surface area (Å²) in [6, 6.07) is 10.2. The van der Waals surface area contributed by atoms with Crippen molar-refractivity contribution in [2.45, 2.75) is 19.3 Å². The van der Waals surface area contributed by atoms with Gasteiger partial charge in [0.15, 0.2) is 0 Å². The van der Waals surface area contributed by atoms with Crippen molar-refractivity contribution in [2.24, 2.45) is 5.10 Å². The third kappa shape index (κ3) is 2.45. The maximum Gasteiger partial charge on any atom is 0.243 e. The number of rotatable bonds is 3. The van der Waals surface area contributed by atoms with Crippen LogP contribution in [0.1, 0.15) is 19.4 Å². The quantitative estimate of drug-likeness (QED) is 0.697. The van der Waals surface area contributed by atoms with E-state index < -0.39 is 0 Å². The summed E-state index contributed by atoms with van der Waals surface area (Å²) in [4.78, 5) is 10.3. The molecule has 2 heterocycles. The van der Waals surface area contributed by atoms with Gasteiger partial charge in [0.25, 0.3) is 0 Å². The molecule has 0 saturated heterocycles. The van der Waals surface area contributed by atoms with Gasteiger partial charge in [-0.05, 0) is 23.8 Å². The van der Waals surface area contributed by atoms with Crippen molar-refractivity contribution in [1.29, 1.82) is 0 Å². The van der Waals surface area contributed by atoms with Crippen molar-refractivity contribution in [1.82, 2.24) is 9.97 Å². The highest BCUT2D eigenvalue weighted by Gasteiger charge is 2.37. The number of likely N-dealkylation sites (N-methyl/N-ethyl adjacent to an activating group) is 1. The fourth-order valence-corrected chi connectivity index (χ4v) is 2.86. The first-order chi connectivity index (χ1) is 10.6. The summed E-state index contributed by atoms with van der Waals surface area (Å²) in [5.74, 6) is 0.486. The second kappa shape index (κ2) is 5.60. The van der Waals surface area contributed by atoms with E-state index in [0.717, 1.165) is 0 Å². The highest BCUT2D eigenvalue weighted by molar-refractivity contribution is 5.79. The molecular formula is C17H19N5. The number of hydrogen-bond acceptors (Lipinski definition) is 5. The van der Waals surface area contributed by atoms with E-state index in [0.29, 0.717) is 5.95 Å².